The number of hydrogen-bond donors (Lipinski definition) is 0. The molecule has 0 aliphatic heterocycles. The summed E-state index contributed by atoms with van der Waals surface area (Å²) in [6.07, 6.45) is 1.49. The number of esters is 1. The van der Waals surface area contributed by atoms with Gasteiger partial charge in [0.05, 0.1) is 0 Å². The van der Waals surface area contributed by atoms with E-state index in [1.807, 2.05) is 30.3 Å². The summed E-state index contributed by atoms with van der Waals surface area (Å²) in [6.45, 7) is 1.46. The zero-order chi connectivity index (χ0) is 15.9. The third-order valence-electron chi connectivity index (χ3n) is 2.97. The van der Waals surface area contributed by atoms with E-state index < -0.39 is 5.97 Å². The van der Waals surface area contributed by atoms with Gasteiger partial charge in [-0.25, -0.2) is 4.79 Å². The number of carbonyl (C=O) groups excluding carboxylic acids is 2. The Balaban J connectivity index is 2.14. The van der Waals surface area contributed by atoms with Crippen LogP contribution in [0.15, 0.2) is 60.2 Å². The van der Waals surface area contributed by atoms with Gasteiger partial charge in [-0.2, -0.15) is 0 Å². The molecular weight excluding hydrogens is 300 g/mol. The van der Waals surface area contributed by atoms with E-state index >= 15 is 0 Å². The fourth-order valence-electron chi connectivity index (χ4n) is 1.87. The molecule has 0 bridgehead atoms. The van der Waals surface area contributed by atoms with Gasteiger partial charge in [0, 0.05) is 5.02 Å². The van der Waals surface area contributed by atoms with Crippen molar-refractivity contribution in [2.24, 2.45) is 0 Å². The van der Waals surface area contributed by atoms with Crippen molar-refractivity contribution in [1.29, 1.82) is 0 Å². The first kappa shape index (κ1) is 16.0. The van der Waals surface area contributed by atoms with E-state index in [-0.39, 0.29) is 18.0 Å². The lowest BCUT2D eigenvalue weighted by Crippen LogP contribution is -2.13. The Morgan fingerprint density at radius 2 is 1.82 bits per heavy atom. The maximum absolute atomic E-state index is 12.1. The molecule has 0 fully saturated rings. The Morgan fingerprint density at radius 3 is 2.45 bits per heavy atom. The van der Waals surface area contributed by atoms with Crippen molar-refractivity contribution >= 4 is 29.4 Å². The van der Waals surface area contributed by atoms with Crippen molar-refractivity contribution in [3.8, 4) is 0 Å². The zero-order valence-corrected chi connectivity index (χ0v) is 12.8. The van der Waals surface area contributed by atoms with E-state index in [1.165, 1.54) is 13.0 Å². The molecular formula is C18H15ClO3. The SMILES string of the molecule is CC(=O)/C(=C/c1cccc(Cl)c1)C(=O)OCc1ccccc1. The molecule has 0 atom stereocenters. The molecule has 0 saturated heterocycles. The molecule has 2 rings (SSSR count). The predicted octanol–water partition coefficient (Wildman–Crippen LogP) is 4.06. The van der Waals surface area contributed by atoms with E-state index in [4.69, 9.17) is 16.3 Å². The minimum atomic E-state index is -0.642. The minimum absolute atomic E-state index is 0.00167. The first-order valence-electron chi connectivity index (χ1n) is 6.75. The molecule has 0 aliphatic rings. The van der Waals surface area contributed by atoms with Crippen LogP contribution < -0.4 is 0 Å². The Bertz CT molecular complexity index is 705. The predicted molar refractivity (Wildman–Crippen MR) is 86.3 cm³/mol. The fourth-order valence-corrected chi connectivity index (χ4v) is 2.07. The smallest absolute Gasteiger partial charge is 0.342 e. The number of halogens is 1. The summed E-state index contributed by atoms with van der Waals surface area (Å²) in [6, 6.07) is 16.2. The molecule has 2 aromatic rings. The van der Waals surface area contributed by atoms with Gasteiger partial charge in [-0.1, -0.05) is 54.1 Å². The van der Waals surface area contributed by atoms with Crippen molar-refractivity contribution in [1.82, 2.24) is 0 Å². The van der Waals surface area contributed by atoms with Gasteiger partial charge in [-0.15, -0.1) is 0 Å². The summed E-state index contributed by atoms with van der Waals surface area (Å²) < 4.78 is 5.19. The van der Waals surface area contributed by atoms with Gasteiger partial charge in [0.1, 0.15) is 12.2 Å². The molecule has 3 nitrogen and oxygen atoms in total. The number of Topliss-reactive ketones (excluding diaryl/α,β-unsaturated/α-hetero) is 1. The van der Waals surface area contributed by atoms with Crippen LogP contribution in [0.1, 0.15) is 18.1 Å². The Labute approximate surface area is 134 Å². The van der Waals surface area contributed by atoms with E-state index in [9.17, 15) is 9.59 Å². The molecule has 0 saturated carbocycles. The normalized spacial score (nSPS) is 11.1. The summed E-state index contributed by atoms with van der Waals surface area (Å²) >= 11 is 5.90. The van der Waals surface area contributed by atoms with Crippen LogP contribution in [-0.2, 0) is 20.9 Å². The van der Waals surface area contributed by atoms with Gasteiger partial charge in [-0.3, -0.25) is 4.79 Å². The number of rotatable bonds is 5. The molecule has 22 heavy (non-hydrogen) atoms. The van der Waals surface area contributed by atoms with Crippen LogP contribution in [0.3, 0.4) is 0 Å². The highest BCUT2D eigenvalue weighted by Gasteiger charge is 2.16. The highest BCUT2D eigenvalue weighted by atomic mass is 35.5. The molecule has 4 heteroatoms. The van der Waals surface area contributed by atoms with E-state index in [0.717, 1.165) is 5.56 Å². The zero-order valence-electron chi connectivity index (χ0n) is 12.1. The third kappa shape index (κ3) is 4.57. The maximum atomic E-state index is 12.1. The largest absolute Gasteiger partial charge is 0.457 e. The number of hydrogen-bond acceptors (Lipinski definition) is 3. The van der Waals surface area contributed by atoms with Crippen LogP contribution >= 0.6 is 11.6 Å². The molecule has 0 spiro atoms. The molecule has 0 N–H and O–H groups in total. The standard InChI is InChI=1S/C18H15ClO3/c1-13(20)17(11-15-8-5-9-16(19)10-15)18(21)22-12-14-6-3-2-4-7-14/h2-11H,12H2,1H3/b17-11-. The molecule has 0 aliphatic carbocycles. The van der Waals surface area contributed by atoms with Crippen LogP contribution in [-0.4, -0.2) is 11.8 Å². The highest BCUT2D eigenvalue weighted by molar-refractivity contribution is 6.30. The van der Waals surface area contributed by atoms with Crippen LogP contribution in [0.4, 0.5) is 0 Å². The van der Waals surface area contributed by atoms with Crippen LogP contribution in [0.5, 0.6) is 0 Å². The monoisotopic (exact) mass is 314 g/mol. The molecule has 0 aromatic heterocycles. The third-order valence-corrected chi connectivity index (χ3v) is 3.21. The van der Waals surface area contributed by atoms with Gasteiger partial charge in [0.15, 0.2) is 5.78 Å². The lowest BCUT2D eigenvalue weighted by atomic mass is 10.1. The lowest BCUT2D eigenvalue weighted by molar-refractivity contribution is -0.141. The van der Waals surface area contributed by atoms with Crippen molar-refractivity contribution in [2.75, 3.05) is 0 Å². The summed E-state index contributed by atoms with van der Waals surface area (Å²) in [7, 11) is 0. The Kier molecular flexibility index (Phi) is 5.50. The highest BCUT2D eigenvalue weighted by Crippen LogP contribution is 2.15. The summed E-state index contributed by atoms with van der Waals surface area (Å²) in [5.41, 5.74) is 1.54. The van der Waals surface area contributed by atoms with Gasteiger partial charge < -0.3 is 4.74 Å². The molecule has 0 heterocycles. The van der Waals surface area contributed by atoms with Crippen molar-refractivity contribution in [2.45, 2.75) is 13.5 Å². The van der Waals surface area contributed by atoms with E-state index in [2.05, 4.69) is 0 Å². The van der Waals surface area contributed by atoms with Gasteiger partial charge >= 0.3 is 5.97 Å². The molecule has 0 radical (unpaired) electrons. The van der Waals surface area contributed by atoms with Crippen LogP contribution in [0.2, 0.25) is 5.02 Å². The topological polar surface area (TPSA) is 43.4 Å². The fraction of sp³-hybridized carbons (Fsp3) is 0.111. The minimum Gasteiger partial charge on any atom is -0.457 e. The van der Waals surface area contributed by atoms with Crippen molar-refractivity contribution in [3.05, 3.63) is 76.3 Å². The quantitative estimate of drug-likeness (QED) is 0.362. The summed E-state index contributed by atoms with van der Waals surface area (Å²) in [4.78, 5) is 23.8. The van der Waals surface area contributed by atoms with Crippen molar-refractivity contribution in [3.63, 3.8) is 0 Å². The van der Waals surface area contributed by atoms with Crippen LogP contribution in [0, 0.1) is 0 Å². The average Bonchev–Trinajstić information content (AvgIpc) is 2.51. The summed E-state index contributed by atoms with van der Waals surface area (Å²) in [5.74, 6) is -0.991. The molecule has 0 unspecified atom stereocenters. The van der Waals surface area contributed by atoms with E-state index in [0.29, 0.717) is 10.6 Å². The number of ether oxygens (including phenoxy) is 1. The second kappa shape index (κ2) is 7.57. The average molecular weight is 315 g/mol. The van der Waals surface area contributed by atoms with Gasteiger partial charge in [0.2, 0.25) is 0 Å². The maximum Gasteiger partial charge on any atom is 0.342 e. The first-order chi connectivity index (χ1) is 10.6. The summed E-state index contributed by atoms with van der Waals surface area (Å²) in [5, 5.41) is 0.536. The first-order valence-corrected chi connectivity index (χ1v) is 7.13. The second-order valence-corrected chi connectivity index (χ2v) is 5.17. The molecule has 0 amide bonds. The Hall–Kier alpha value is -2.39. The number of benzene rings is 2. The number of ketones is 1. The van der Waals surface area contributed by atoms with Gasteiger partial charge in [-0.05, 0) is 36.3 Å². The van der Waals surface area contributed by atoms with Gasteiger partial charge in [0.25, 0.3) is 0 Å². The van der Waals surface area contributed by atoms with Crippen molar-refractivity contribution < 1.29 is 14.3 Å². The van der Waals surface area contributed by atoms with Crippen LogP contribution in [0.25, 0.3) is 6.08 Å². The van der Waals surface area contributed by atoms with E-state index in [1.54, 1.807) is 24.3 Å². The molecule has 112 valence electrons. The number of carbonyl (C=O) groups is 2. The second-order valence-electron chi connectivity index (χ2n) is 4.73. The Morgan fingerprint density at radius 1 is 1.09 bits per heavy atom. The molecule has 2 aromatic carbocycles. The lowest BCUT2D eigenvalue weighted by Gasteiger charge is -2.06.